The van der Waals surface area contributed by atoms with Crippen LogP contribution >= 0.6 is 0 Å². The number of amides is 1. The highest BCUT2D eigenvalue weighted by atomic mass is 16.5. The van der Waals surface area contributed by atoms with Gasteiger partial charge in [0.15, 0.2) is 17.1 Å². The maximum Gasteiger partial charge on any atom is 0.267 e. The van der Waals surface area contributed by atoms with Crippen LogP contribution in [0.25, 0.3) is 17.2 Å². The summed E-state index contributed by atoms with van der Waals surface area (Å²) in [5, 5.41) is 28.1. The van der Waals surface area contributed by atoms with Gasteiger partial charge in [-0.15, -0.1) is 15.3 Å². The van der Waals surface area contributed by atoms with Crippen LogP contribution in [-0.4, -0.2) is 72.3 Å². The van der Waals surface area contributed by atoms with E-state index in [2.05, 4.69) is 51.6 Å². The molecule has 5 rings (SSSR count). The van der Waals surface area contributed by atoms with Crippen LogP contribution in [0.5, 0.6) is 5.88 Å². The summed E-state index contributed by atoms with van der Waals surface area (Å²) < 4.78 is 18.0. The normalized spacial score (nSPS) is 14.7. The summed E-state index contributed by atoms with van der Waals surface area (Å²) in [5.74, 6) is 0.837. The third-order valence-electron chi connectivity index (χ3n) is 5.83. The van der Waals surface area contributed by atoms with Crippen molar-refractivity contribution in [3.8, 4) is 17.4 Å². The van der Waals surface area contributed by atoms with Gasteiger partial charge in [-0.25, -0.2) is 5.01 Å². The fourth-order valence-corrected chi connectivity index (χ4v) is 3.78. The van der Waals surface area contributed by atoms with E-state index in [9.17, 15) is 9.90 Å². The molecule has 0 radical (unpaired) electrons. The number of hydrogen-bond acceptors (Lipinski definition) is 11. The molecule has 2 N–H and O–H groups in total. The Morgan fingerprint density at radius 1 is 1.19 bits per heavy atom. The monoisotopic (exact) mass is 508 g/mol. The number of nitrogens with zero attached hydrogens (tertiary/aromatic N) is 7. The molecule has 1 fully saturated rings. The van der Waals surface area contributed by atoms with E-state index in [1.165, 1.54) is 10.7 Å². The second kappa shape index (κ2) is 10.2. The molecule has 0 atom stereocenters. The highest BCUT2D eigenvalue weighted by Gasteiger charge is 2.25. The van der Waals surface area contributed by atoms with Gasteiger partial charge in [0.05, 0.1) is 24.5 Å². The minimum Gasteiger partial charge on any atom is -0.470 e. The van der Waals surface area contributed by atoms with E-state index in [1.54, 1.807) is 18.2 Å². The van der Waals surface area contributed by atoms with Gasteiger partial charge in [0.2, 0.25) is 11.7 Å². The SMILES string of the molecule is CC(C)(C)c1cc2nnc(-c3cc(CO)on3)n2nc1OCc1ccc(C(=O)NN2CCOCC2)cn1. The van der Waals surface area contributed by atoms with E-state index in [-0.39, 0.29) is 24.5 Å². The second-order valence-corrected chi connectivity index (χ2v) is 9.61. The molecule has 0 saturated carbocycles. The average molecular weight is 509 g/mol. The van der Waals surface area contributed by atoms with Crippen LogP contribution < -0.4 is 10.2 Å². The number of pyridine rings is 1. The molecule has 4 aromatic heterocycles. The van der Waals surface area contributed by atoms with Crippen molar-refractivity contribution in [2.24, 2.45) is 0 Å². The molecule has 0 unspecified atom stereocenters. The summed E-state index contributed by atoms with van der Waals surface area (Å²) in [6.45, 7) is 8.48. The smallest absolute Gasteiger partial charge is 0.267 e. The average Bonchev–Trinajstić information content (AvgIpc) is 3.54. The second-order valence-electron chi connectivity index (χ2n) is 9.61. The summed E-state index contributed by atoms with van der Waals surface area (Å²) in [6.07, 6.45) is 1.52. The molecule has 1 aliphatic rings. The number of aliphatic hydroxyl groups excluding tert-OH is 1. The van der Waals surface area contributed by atoms with Crippen molar-refractivity contribution in [2.75, 3.05) is 26.3 Å². The van der Waals surface area contributed by atoms with Crippen molar-refractivity contribution in [1.82, 2.24) is 40.4 Å². The van der Waals surface area contributed by atoms with Gasteiger partial charge in [-0.05, 0) is 23.6 Å². The number of fused-ring (bicyclic) bond motifs is 1. The molecule has 4 aromatic rings. The first-order chi connectivity index (χ1) is 17.8. The maximum absolute atomic E-state index is 12.5. The molecule has 0 spiro atoms. The van der Waals surface area contributed by atoms with Gasteiger partial charge in [0.1, 0.15) is 13.2 Å². The minimum absolute atomic E-state index is 0.142. The third-order valence-corrected chi connectivity index (χ3v) is 5.83. The van der Waals surface area contributed by atoms with E-state index in [0.717, 1.165) is 5.56 Å². The van der Waals surface area contributed by atoms with Gasteiger partial charge in [-0.1, -0.05) is 25.9 Å². The molecule has 194 valence electrons. The quantitative estimate of drug-likeness (QED) is 0.373. The van der Waals surface area contributed by atoms with Crippen LogP contribution in [0.2, 0.25) is 0 Å². The molecular weight excluding hydrogens is 480 g/mol. The number of aromatic nitrogens is 6. The molecule has 0 bridgehead atoms. The molecular formula is C24H28N8O5. The van der Waals surface area contributed by atoms with Crippen LogP contribution in [0, 0.1) is 0 Å². The first-order valence-electron chi connectivity index (χ1n) is 11.9. The van der Waals surface area contributed by atoms with Crippen LogP contribution in [0.1, 0.15) is 48.1 Å². The van der Waals surface area contributed by atoms with Crippen LogP contribution in [-0.2, 0) is 23.4 Å². The van der Waals surface area contributed by atoms with Gasteiger partial charge in [0.25, 0.3) is 5.91 Å². The van der Waals surface area contributed by atoms with Gasteiger partial charge in [0, 0.05) is 30.9 Å². The van der Waals surface area contributed by atoms with E-state index < -0.39 is 0 Å². The third kappa shape index (κ3) is 5.43. The van der Waals surface area contributed by atoms with Crippen LogP contribution in [0.15, 0.2) is 35.0 Å². The summed E-state index contributed by atoms with van der Waals surface area (Å²) in [7, 11) is 0. The number of hydrazine groups is 1. The van der Waals surface area contributed by atoms with E-state index in [1.807, 2.05) is 11.1 Å². The Hall–Kier alpha value is -3.94. The summed E-state index contributed by atoms with van der Waals surface area (Å²) in [4.78, 5) is 16.9. The number of nitrogens with one attached hydrogen (secondary N) is 1. The van der Waals surface area contributed by atoms with Crippen molar-refractivity contribution in [1.29, 1.82) is 0 Å². The molecule has 1 aliphatic heterocycles. The lowest BCUT2D eigenvalue weighted by molar-refractivity contribution is 0.0126. The van der Waals surface area contributed by atoms with Crippen molar-refractivity contribution in [2.45, 2.75) is 39.4 Å². The predicted octanol–water partition coefficient (Wildman–Crippen LogP) is 1.52. The molecule has 0 aromatic carbocycles. The Kier molecular flexibility index (Phi) is 6.82. The first kappa shape index (κ1) is 24.7. The summed E-state index contributed by atoms with van der Waals surface area (Å²) in [5.41, 5.74) is 5.43. The molecule has 1 saturated heterocycles. The van der Waals surface area contributed by atoms with Gasteiger partial charge in [-0.2, -0.15) is 4.52 Å². The topological polar surface area (TPSA) is 153 Å². The fraction of sp³-hybridized carbons (Fsp3) is 0.417. The van der Waals surface area contributed by atoms with Crippen molar-refractivity contribution >= 4 is 11.6 Å². The lowest BCUT2D eigenvalue weighted by atomic mass is 9.88. The molecule has 13 heteroatoms. The minimum atomic E-state index is -0.289. The standard InChI is InChI=1S/C24H28N8O5/c1-24(2,3)18-11-20-26-27-21(19-10-17(13-33)37-30-19)32(20)29-23(18)36-14-16-5-4-15(12-25-16)22(34)28-31-6-8-35-9-7-31/h4-5,10-12,33H,6-9,13-14H2,1-3H3,(H,28,34). The Morgan fingerprint density at radius 3 is 2.68 bits per heavy atom. The first-order valence-corrected chi connectivity index (χ1v) is 11.9. The molecule has 1 amide bonds. The number of carbonyl (C=O) groups excluding carboxylic acids is 1. The highest BCUT2D eigenvalue weighted by molar-refractivity contribution is 5.93. The maximum atomic E-state index is 12.5. The number of aliphatic hydroxyl groups is 1. The van der Waals surface area contributed by atoms with E-state index in [4.69, 9.17) is 14.0 Å². The number of hydrogen-bond donors (Lipinski definition) is 2. The number of rotatable bonds is 7. The number of morpholine rings is 1. The summed E-state index contributed by atoms with van der Waals surface area (Å²) in [6, 6.07) is 6.92. The Morgan fingerprint density at radius 2 is 2.00 bits per heavy atom. The number of carbonyl (C=O) groups is 1. The van der Waals surface area contributed by atoms with Crippen molar-refractivity contribution < 1.29 is 23.9 Å². The highest BCUT2D eigenvalue weighted by Crippen LogP contribution is 2.32. The lowest BCUT2D eigenvalue weighted by Gasteiger charge is -2.26. The number of ether oxygens (including phenoxy) is 2. The van der Waals surface area contributed by atoms with Crippen LogP contribution in [0.3, 0.4) is 0 Å². The molecule has 37 heavy (non-hydrogen) atoms. The van der Waals surface area contributed by atoms with E-state index in [0.29, 0.717) is 66.4 Å². The molecule has 13 nitrogen and oxygen atoms in total. The zero-order chi connectivity index (χ0) is 26.0. The Balaban J connectivity index is 1.35. The summed E-state index contributed by atoms with van der Waals surface area (Å²) >= 11 is 0. The predicted molar refractivity (Wildman–Crippen MR) is 129 cm³/mol. The van der Waals surface area contributed by atoms with Gasteiger partial charge < -0.3 is 19.1 Å². The van der Waals surface area contributed by atoms with Crippen LogP contribution in [0.4, 0.5) is 0 Å². The Bertz CT molecular complexity index is 1390. The van der Waals surface area contributed by atoms with Crippen molar-refractivity contribution in [3.05, 3.63) is 53.0 Å². The molecule has 0 aliphatic carbocycles. The van der Waals surface area contributed by atoms with E-state index >= 15 is 0 Å². The zero-order valence-electron chi connectivity index (χ0n) is 20.8. The zero-order valence-corrected chi connectivity index (χ0v) is 20.8. The Labute approximate surface area is 212 Å². The molecule has 5 heterocycles. The lowest BCUT2D eigenvalue weighted by Crippen LogP contribution is -2.48. The van der Waals surface area contributed by atoms with Gasteiger partial charge in [-0.3, -0.25) is 15.2 Å². The largest absolute Gasteiger partial charge is 0.470 e. The van der Waals surface area contributed by atoms with Gasteiger partial charge >= 0.3 is 0 Å². The van der Waals surface area contributed by atoms with Crippen molar-refractivity contribution in [3.63, 3.8) is 0 Å². The fourth-order valence-electron chi connectivity index (χ4n) is 3.78.